The Morgan fingerprint density at radius 2 is 2.24 bits per heavy atom. The molecule has 1 amide bonds. The number of pyridine rings is 1. The molecule has 1 heterocycles. The van der Waals surface area contributed by atoms with Gasteiger partial charge in [-0.3, -0.25) is 4.79 Å². The second-order valence-electron chi connectivity index (χ2n) is 4.35. The highest BCUT2D eigenvalue weighted by atomic mass is 16.2. The quantitative estimate of drug-likeness (QED) is 0.793. The molecule has 0 spiro atoms. The molecule has 1 rings (SSSR count). The third-order valence-corrected chi connectivity index (χ3v) is 2.45. The number of rotatable bonds is 5. The van der Waals surface area contributed by atoms with E-state index in [4.69, 9.17) is 5.73 Å². The minimum Gasteiger partial charge on any atom is -0.370 e. The first kappa shape index (κ1) is 13.4. The maximum atomic E-state index is 11.6. The fourth-order valence-electron chi connectivity index (χ4n) is 1.25. The lowest BCUT2D eigenvalue weighted by molar-refractivity contribution is 0.0827. The van der Waals surface area contributed by atoms with Gasteiger partial charge in [-0.2, -0.15) is 0 Å². The predicted octanol–water partition coefficient (Wildman–Crippen LogP) is 0.790. The molecular weight excluding hydrogens is 216 g/mol. The normalized spacial score (nSPS) is 12.0. The second-order valence-corrected chi connectivity index (χ2v) is 4.35. The number of hydrogen-bond donors (Lipinski definition) is 2. The van der Waals surface area contributed by atoms with E-state index in [0.717, 1.165) is 12.4 Å². The van der Waals surface area contributed by atoms with Crippen LogP contribution < -0.4 is 11.1 Å². The Morgan fingerprint density at radius 3 is 2.71 bits per heavy atom. The van der Waals surface area contributed by atoms with Gasteiger partial charge < -0.3 is 16.0 Å². The van der Waals surface area contributed by atoms with Crippen LogP contribution in [0.1, 0.15) is 17.3 Å². The Hall–Kier alpha value is -1.62. The minimum atomic E-state index is -0.0422. The lowest BCUT2D eigenvalue weighted by atomic mass is 10.2. The van der Waals surface area contributed by atoms with Crippen LogP contribution in [0.5, 0.6) is 0 Å². The van der Waals surface area contributed by atoms with Crippen LogP contribution in [0.3, 0.4) is 0 Å². The largest absolute Gasteiger partial charge is 0.370 e. The number of anilines is 1. The number of carbonyl (C=O) groups excluding carboxylic acids is 1. The first-order chi connectivity index (χ1) is 8.04. The summed E-state index contributed by atoms with van der Waals surface area (Å²) in [6, 6.07) is 3.57. The summed E-state index contributed by atoms with van der Waals surface area (Å²) in [6.07, 6.45) is 1.58. The molecule has 0 aliphatic carbocycles. The van der Waals surface area contributed by atoms with Crippen molar-refractivity contribution in [2.45, 2.75) is 6.92 Å². The van der Waals surface area contributed by atoms with Crippen molar-refractivity contribution in [2.75, 3.05) is 32.5 Å². The Balaban J connectivity index is 2.59. The molecule has 1 aromatic rings. The van der Waals surface area contributed by atoms with Gasteiger partial charge in [-0.15, -0.1) is 0 Å². The van der Waals surface area contributed by atoms with Gasteiger partial charge in [0.25, 0.3) is 5.91 Å². The third kappa shape index (κ3) is 4.03. The maximum absolute atomic E-state index is 11.6. The van der Waals surface area contributed by atoms with Gasteiger partial charge >= 0.3 is 0 Å². The van der Waals surface area contributed by atoms with Crippen LogP contribution in [0.2, 0.25) is 0 Å². The summed E-state index contributed by atoms with van der Waals surface area (Å²) >= 11 is 0. The standard InChI is InChI=1S/C12H20N4O/c1-9(6-13)7-14-11-5-4-10(8-15-11)12(17)16(2)3/h4-5,8-9H,6-7,13H2,1-3H3,(H,14,15). The van der Waals surface area contributed by atoms with Gasteiger partial charge in [0.2, 0.25) is 0 Å². The molecule has 1 atom stereocenters. The first-order valence-electron chi connectivity index (χ1n) is 5.66. The van der Waals surface area contributed by atoms with Crippen molar-refractivity contribution in [3.05, 3.63) is 23.9 Å². The highest BCUT2D eigenvalue weighted by molar-refractivity contribution is 5.93. The average molecular weight is 236 g/mol. The SMILES string of the molecule is CC(CN)CNc1ccc(C(=O)N(C)C)cn1. The van der Waals surface area contributed by atoms with Crippen LogP contribution in [0, 0.1) is 5.92 Å². The molecule has 0 radical (unpaired) electrons. The molecule has 94 valence electrons. The van der Waals surface area contributed by atoms with Crippen molar-refractivity contribution < 1.29 is 4.79 Å². The van der Waals surface area contributed by atoms with Gasteiger partial charge in [0, 0.05) is 26.8 Å². The van der Waals surface area contributed by atoms with Gasteiger partial charge in [-0.05, 0) is 24.6 Å². The number of nitrogens with one attached hydrogen (secondary N) is 1. The van der Waals surface area contributed by atoms with E-state index < -0.39 is 0 Å². The molecule has 0 aliphatic heterocycles. The van der Waals surface area contributed by atoms with Crippen LogP contribution in [0.25, 0.3) is 0 Å². The van der Waals surface area contributed by atoms with Crippen LogP contribution in [0.4, 0.5) is 5.82 Å². The zero-order valence-corrected chi connectivity index (χ0v) is 10.6. The zero-order valence-electron chi connectivity index (χ0n) is 10.6. The van der Waals surface area contributed by atoms with Crippen molar-refractivity contribution in [1.29, 1.82) is 0 Å². The summed E-state index contributed by atoms with van der Waals surface area (Å²) < 4.78 is 0. The van der Waals surface area contributed by atoms with E-state index in [-0.39, 0.29) is 5.91 Å². The number of hydrogen-bond acceptors (Lipinski definition) is 4. The van der Waals surface area contributed by atoms with Crippen molar-refractivity contribution in [1.82, 2.24) is 9.88 Å². The van der Waals surface area contributed by atoms with E-state index in [1.807, 2.05) is 0 Å². The summed E-state index contributed by atoms with van der Waals surface area (Å²) in [4.78, 5) is 17.3. The van der Waals surface area contributed by atoms with Crippen molar-refractivity contribution in [3.63, 3.8) is 0 Å². The Morgan fingerprint density at radius 1 is 1.53 bits per heavy atom. The summed E-state index contributed by atoms with van der Waals surface area (Å²) in [7, 11) is 3.44. The van der Waals surface area contributed by atoms with Gasteiger partial charge in [0.1, 0.15) is 5.82 Å². The fraction of sp³-hybridized carbons (Fsp3) is 0.500. The van der Waals surface area contributed by atoms with Gasteiger partial charge in [-0.25, -0.2) is 4.98 Å². The maximum Gasteiger partial charge on any atom is 0.254 e. The molecule has 0 saturated carbocycles. The monoisotopic (exact) mass is 236 g/mol. The second kappa shape index (κ2) is 6.20. The predicted molar refractivity (Wildman–Crippen MR) is 69.0 cm³/mol. The Bertz CT molecular complexity index is 361. The van der Waals surface area contributed by atoms with Crippen molar-refractivity contribution in [2.24, 2.45) is 11.7 Å². The van der Waals surface area contributed by atoms with E-state index in [0.29, 0.717) is 18.0 Å². The first-order valence-corrected chi connectivity index (χ1v) is 5.66. The Kier molecular flexibility index (Phi) is 4.90. The van der Waals surface area contributed by atoms with Crippen LogP contribution >= 0.6 is 0 Å². The van der Waals surface area contributed by atoms with E-state index in [1.54, 1.807) is 32.4 Å². The molecular formula is C12H20N4O. The van der Waals surface area contributed by atoms with Gasteiger partial charge in [-0.1, -0.05) is 6.92 Å². The third-order valence-electron chi connectivity index (χ3n) is 2.45. The smallest absolute Gasteiger partial charge is 0.254 e. The number of nitrogens with two attached hydrogens (primary N) is 1. The molecule has 0 aliphatic rings. The fourth-order valence-corrected chi connectivity index (χ4v) is 1.25. The molecule has 0 fully saturated rings. The molecule has 1 unspecified atom stereocenters. The number of amides is 1. The number of nitrogens with zero attached hydrogens (tertiary/aromatic N) is 2. The van der Waals surface area contributed by atoms with E-state index >= 15 is 0 Å². The molecule has 5 nitrogen and oxygen atoms in total. The lowest BCUT2D eigenvalue weighted by Crippen LogP contribution is -2.22. The van der Waals surface area contributed by atoms with Crippen LogP contribution in [-0.2, 0) is 0 Å². The molecule has 0 saturated heterocycles. The number of aromatic nitrogens is 1. The summed E-state index contributed by atoms with van der Waals surface area (Å²) in [5.41, 5.74) is 6.11. The summed E-state index contributed by atoms with van der Waals surface area (Å²) in [5.74, 6) is 1.12. The lowest BCUT2D eigenvalue weighted by Gasteiger charge is -2.12. The highest BCUT2D eigenvalue weighted by Gasteiger charge is 2.08. The average Bonchev–Trinajstić information content (AvgIpc) is 2.35. The highest BCUT2D eigenvalue weighted by Crippen LogP contribution is 2.07. The molecule has 1 aromatic heterocycles. The minimum absolute atomic E-state index is 0.0422. The summed E-state index contributed by atoms with van der Waals surface area (Å²) in [6.45, 7) is 3.49. The van der Waals surface area contributed by atoms with Gasteiger partial charge in [0.15, 0.2) is 0 Å². The molecule has 0 aromatic carbocycles. The van der Waals surface area contributed by atoms with E-state index in [9.17, 15) is 4.79 Å². The zero-order chi connectivity index (χ0) is 12.8. The van der Waals surface area contributed by atoms with Crippen molar-refractivity contribution >= 4 is 11.7 Å². The van der Waals surface area contributed by atoms with E-state index in [1.165, 1.54) is 4.90 Å². The topological polar surface area (TPSA) is 71.2 Å². The summed E-state index contributed by atoms with van der Waals surface area (Å²) in [5, 5.41) is 3.17. The molecule has 3 N–H and O–H groups in total. The van der Waals surface area contributed by atoms with E-state index in [2.05, 4.69) is 17.2 Å². The molecule has 17 heavy (non-hydrogen) atoms. The Labute approximate surface area is 102 Å². The van der Waals surface area contributed by atoms with Crippen LogP contribution in [0.15, 0.2) is 18.3 Å². The van der Waals surface area contributed by atoms with Crippen molar-refractivity contribution in [3.8, 4) is 0 Å². The van der Waals surface area contributed by atoms with Crippen LogP contribution in [-0.4, -0.2) is 43.0 Å². The number of carbonyl (C=O) groups is 1. The van der Waals surface area contributed by atoms with Gasteiger partial charge in [0.05, 0.1) is 5.56 Å². The molecule has 0 bridgehead atoms. The molecule has 5 heteroatoms.